The number of carbonyl (C=O) groups excluding carboxylic acids is 1. The summed E-state index contributed by atoms with van der Waals surface area (Å²) in [7, 11) is 0. The standard InChI is InChI=1S/C20H16FN5OS/c1-13-18(24-25-26(13)16-6-3-2-5-15(16)21)20(27)23-19(17-7-4-12-28-17)14-8-10-22-11-9-14/h2-12,19H,1H3,(H,23,27)/t19-/m0/s1. The number of benzene rings is 1. The second-order valence-corrected chi connectivity index (χ2v) is 7.07. The van der Waals surface area contributed by atoms with Crippen molar-refractivity contribution in [2.75, 3.05) is 0 Å². The van der Waals surface area contributed by atoms with E-state index in [-0.39, 0.29) is 23.3 Å². The number of rotatable bonds is 5. The van der Waals surface area contributed by atoms with Gasteiger partial charge in [-0.1, -0.05) is 23.4 Å². The van der Waals surface area contributed by atoms with Gasteiger partial charge >= 0.3 is 0 Å². The van der Waals surface area contributed by atoms with Crippen LogP contribution in [0.15, 0.2) is 66.3 Å². The van der Waals surface area contributed by atoms with Crippen molar-refractivity contribution in [1.29, 1.82) is 0 Å². The molecule has 0 fully saturated rings. The number of aromatic nitrogens is 4. The van der Waals surface area contributed by atoms with Gasteiger partial charge in [-0.3, -0.25) is 9.78 Å². The lowest BCUT2D eigenvalue weighted by Gasteiger charge is -2.17. The van der Waals surface area contributed by atoms with Gasteiger partial charge in [0, 0.05) is 17.3 Å². The van der Waals surface area contributed by atoms with E-state index in [9.17, 15) is 9.18 Å². The van der Waals surface area contributed by atoms with Gasteiger partial charge in [0.25, 0.3) is 5.91 Å². The van der Waals surface area contributed by atoms with Gasteiger partial charge in [0.15, 0.2) is 5.69 Å². The first kappa shape index (κ1) is 18.0. The monoisotopic (exact) mass is 393 g/mol. The Labute approximate surface area is 164 Å². The normalized spacial score (nSPS) is 11.9. The molecule has 3 aromatic heterocycles. The van der Waals surface area contributed by atoms with E-state index in [1.165, 1.54) is 10.7 Å². The first-order valence-corrected chi connectivity index (χ1v) is 9.44. The average Bonchev–Trinajstić information content (AvgIpc) is 3.37. The van der Waals surface area contributed by atoms with Crippen LogP contribution in [0.3, 0.4) is 0 Å². The van der Waals surface area contributed by atoms with Crippen LogP contribution in [0.4, 0.5) is 4.39 Å². The first-order chi connectivity index (χ1) is 13.6. The Hall–Kier alpha value is -3.39. The van der Waals surface area contributed by atoms with Crippen LogP contribution in [0.2, 0.25) is 0 Å². The summed E-state index contributed by atoms with van der Waals surface area (Å²) in [5, 5.41) is 12.9. The quantitative estimate of drug-likeness (QED) is 0.561. The molecule has 1 amide bonds. The minimum absolute atomic E-state index is 0.152. The van der Waals surface area contributed by atoms with Crippen LogP contribution >= 0.6 is 11.3 Å². The third-order valence-electron chi connectivity index (χ3n) is 4.33. The molecule has 0 aliphatic heterocycles. The summed E-state index contributed by atoms with van der Waals surface area (Å²) in [5.41, 5.74) is 1.77. The highest BCUT2D eigenvalue weighted by molar-refractivity contribution is 7.10. The second kappa shape index (κ2) is 7.69. The van der Waals surface area contributed by atoms with Gasteiger partial charge in [-0.25, -0.2) is 9.07 Å². The van der Waals surface area contributed by atoms with Crippen molar-refractivity contribution >= 4 is 17.2 Å². The molecule has 6 nitrogen and oxygen atoms in total. The van der Waals surface area contributed by atoms with Crippen LogP contribution in [-0.4, -0.2) is 25.9 Å². The number of amides is 1. The highest BCUT2D eigenvalue weighted by Crippen LogP contribution is 2.26. The average molecular weight is 393 g/mol. The van der Waals surface area contributed by atoms with Crippen molar-refractivity contribution in [2.45, 2.75) is 13.0 Å². The van der Waals surface area contributed by atoms with E-state index in [1.807, 2.05) is 29.6 Å². The van der Waals surface area contributed by atoms with E-state index in [2.05, 4.69) is 20.6 Å². The zero-order valence-electron chi connectivity index (χ0n) is 14.9. The summed E-state index contributed by atoms with van der Waals surface area (Å²) in [6, 6.07) is 13.5. The SMILES string of the molecule is Cc1c(C(=O)N[C@@H](c2ccncc2)c2cccs2)nnn1-c1ccccc1F. The van der Waals surface area contributed by atoms with Gasteiger partial charge < -0.3 is 5.32 Å². The van der Waals surface area contributed by atoms with Crippen molar-refractivity contribution in [3.8, 4) is 5.69 Å². The van der Waals surface area contributed by atoms with Crippen LogP contribution in [0.1, 0.15) is 32.7 Å². The minimum Gasteiger partial charge on any atom is -0.339 e. The molecule has 1 atom stereocenters. The molecule has 0 spiro atoms. The molecule has 4 aromatic rings. The Bertz CT molecular complexity index is 1100. The molecular formula is C20H16FN5OS. The van der Waals surface area contributed by atoms with E-state index >= 15 is 0 Å². The summed E-state index contributed by atoms with van der Waals surface area (Å²) in [6.07, 6.45) is 3.36. The number of carbonyl (C=O) groups is 1. The van der Waals surface area contributed by atoms with Gasteiger partial charge in [-0.15, -0.1) is 16.4 Å². The van der Waals surface area contributed by atoms with Gasteiger partial charge in [0.1, 0.15) is 11.5 Å². The Balaban J connectivity index is 1.65. The molecular weight excluding hydrogens is 377 g/mol. The fourth-order valence-corrected chi connectivity index (χ4v) is 3.72. The summed E-state index contributed by atoms with van der Waals surface area (Å²) in [5.74, 6) is -0.814. The highest BCUT2D eigenvalue weighted by Gasteiger charge is 2.23. The van der Waals surface area contributed by atoms with Gasteiger partial charge in [-0.2, -0.15) is 0 Å². The van der Waals surface area contributed by atoms with Crippen LogP contribution in [0.5, 0.6) is 0 Å². The Kier molecular flexibility index (Phi) is 4.94. The van der Waals surface area contributed by atoms with E-state index in [1.54, 1.807) is 48.9 Å². The largest absolute Gasteiger partial charge is 0.339 e. The summed E-state index contributed by atoms with van der Waals surface area (Å²) >= 11 is 1.55. The molecule has 3 heterocycles. The van der Waals surface area contributed by atoms with Gasteiger partial charge in [-0.05, 0) is 48.2 Å². The van der Waals surface area contributed by atoms with Crippen molar-refractivity contribution in [1.82, 2.24) is 25.3 Å². The molecule has 0 saturated heterocycles. The fraction of sp³-hybridized carbons (Fsp3) is 0.100. The van der Waals surface area contributed by atoms with Crippen LogP contribution in [0, 0.1) is 12.7 Å². The number of nitrogens with one attached hydrogen (secondary N) is 1. The van der Waals surface area contributed by atoms with Crippen LogP contribution < -0.4 is 5.32 Å². The molecule has 0 radical (unpaired) electrons. The van der Waals surface area contributed by atoms with E-state index in [0.29, 0.717) is 5.69 Å². The van der Waals surface area contributed by atoms with E-state index < -0.39 is 5.82 Å². The molecule has 28 heavy (non-hydrogen) atoms. The van der Waals surface area contributed by atoms with Crippen molar-refractivity contribution in [3.63, 3.8) is 0 Å². The molecule has 8 heteroatoms. The number of hydrogen-bond donors (Lipinski definition) is 1. The molecule has 0 bridgehead atoms. The summed E-state index contributed by atoms with van der Waals surface area (Å²) in [4.78, 5) is 18.0. The Morgan fingerprint density at radius 3 is 2.64 bits per heavy atom. The number of thiophene rings is 1. The molecule has 0 aliphatic rings. The maximum Gasteiger partial charge on any atom is 0.274 e. The zero-order chi connectivity index (χ0) is 19.5. The molecule has 0 aliphatic carbocycles. The molecule has 140 valence electrons. The zero-order valence-corrected chi connectivity index (χ0v) is 15.7. The lowest BCUT2D eigenvalue weighted by molar-refractivity contribution is 0.0937. The topological polar surface area (TPSA) is 72.7 Å². The van der Waals surface area contributed by atoms with Crippen LogP contribution in [-0.2, 0) is 0 Å². The fourth-order valence-electron chi connectivity index (χ4n) is 2.92. The number of para-hydroxylation sites is 1. The van der Waals surface area contributed by atoms with Crippen molar-refractivity contribution in [2.24, 2.45) is 0 Å². The molecule has 1 aromatic carbocycles. The third-order valence-corrected chi connectivity index (χ3v) is 5.27. The maximum atomic E-state index is 14.1. The minimum atomic E-state index is -0.435. The number of hydrogen-bond acceptors (Lipinski definition) is 5. The van der Waals surface area contributed by atoms with Crippen molar-refractivity contribution < 1.29 is 9.18 Å². The lowest BCUT2D eigenvalue weighted by Crippen LogP contribution is -2.29. The molecule has 0 saturated carbocycles. The van der Waals surface area contributed by atoms with E-state index in [4.69, 9.17) is 0 Å². The Morgan fingerprint density at radius 2 is 1.93 bits per heavy atom. The van der Waals surface area contributed by atoms with Crippen molar-refractivity contribution in [3.05, 3.63) is 94.0 Å². The second-order valence-electron chi connectivity index (χ2n) is 6.09. The van der Waals surface area contributed by atoms with E-state index in [0.717, 1.165) is 10.4 Å². The number of nitrogens with zero attached hydrogens (tertiary/aromatic N) is 4. The number of halogens is 1. The third kappa shape index (κ3) is 3.41. The lowest BCUT2D eigenvalue weighted by atomic mass is 10.1. The smallest absolute Gasteiger partial charge is 0.274 e. The summed E-state index contributed by atoms with van der Waals surface area (Å²) < 4.78 is 15.4. The highest BCUT2D eigenvalue weighted by atomic mass is 32.1. The maximum absolute atomic E-state index is 14.1. The predicted octanol–water partition coefficient (Wildman–Crippen LogP) is 3.69. The molecule has 1 N–H and O–H groups in total. The van der Waals surface area contributed by atoms with Crippen LogP contribution in [0.25, 0.3) is 5.69 Å². The first-order valence-electron chi connectivity index (χ1n) is 8.56. The molecule has 4 rings (SSSR count). The molecule has 0 unspecified atom stereocenters. The predicted molar refractivity (Wildman–Crippen MR) is 104 cm³/mol. The number of pyridine rings is 1. The van der Waals surface area contributed by atoms with Gasteiger partial charge in [0.05, 0.1) is 11.7 Å². The Morgan fingerprint density at radius 1 is 1.14 bits per heavy atom. The summed E-state index contributed by atoms with van der Waals surface area (Å²) in [6.45, 7) is 1.69. The van der Waals surface area contributed by atoms with Gasteiger partial charge in [0.2, 0.25) is 0 Å².